The van der Waals surface area contributed by atoms with Crippen molar-refractivity contribution in [3.63, 3.8) is 0 Å². The van der Waals surface area contributed by atoms with Gasteiger partial charge in [0.2, 0.25) is 0 Å². The molecule has 0 fully saturated rings. The average molecular weight is 259 g/mol. The van der Waals surface area contributed by atoms with E-state index in [1.807, 2.05) is 36.4 Å². The molecule has 19 heavy (non-hydrogen) atoms. The second-order valence-electron chi connectivity index (χ2n) is 3.94. The lowest BCUT2D eigenvalue weighted by molar-refractivity contribution is -0.138. The number of carboxylic acid groups (broad SMARTS) is 1. The number of aliphatic carboxylic acids is 1. The van der Waals surface area contributed by atoms with Crippen molar-refractivity contribution in [1.29, 1.82) is 0 Å². The molecule has 2 rings (SSSR count). The van der Waals surface area contributed by atoms with E-state index in [0.29, 0.717) is 5.75 Å². The number of carboxylic acids is 1. The molecule has 0 saturated heterocycles. The molecule has 2 N–H and O–H groups in total. The summed E-state index contributed by atoms with van der Waals surface area (Å²) >= 11 is 0. The number of nitrogens with one attached hydrogen (secondary N) is 1. The van der Waals surface area contributed by atoms with Crippen LogP contribution in [-0.4, -0.2) is 30.1 Å². The Morgan fingerprint density at radius 3 is 2.63 bits per heavy atom. The number of amides is 1. The molecule has 2 aromatic rings. The summed E-state index contributed by atoms with van der Waals surface area (Å²) < 4.78 is 5.41. The third-order valence-electron chi connectivity index (χ3n) is 2.55. The van der Waals surface area contributed by atoms with Crippen molar-refractivity contribution in [2.45, 2.75) is 0 Å². The van der Waals surface area contributed by atoms with Crippen molar-refractivity contribution < 1.29 is 19.4 Å². The van der Waals surface area contributed by atoms with Gasteiger partial charge in [-0.2, -0.15) is 0 Å². The smallest absolute Gasteiger partial charge is 0.322 e. The maximum Gasteiger partial charge on any atom is 0.322 e. The summed E-state index contributed by atoms with van der Waals surface area (Å²) in [7, 11) is 0. The van der Waals surface area contributed by atoms with Crippen molar-refractivity contribution >= 4 is 22.6 Å². The minimum atomic E-state index is -1.08. The van der Waals surface area contributed by atoms with Gasteiger partial charge >= 0.3 is 5.97 Å². The first-order valence-corrected chi connectivity index (χ1v) is 5.76. The summed E-state index contributed by atoms with van der Waals surface area (Å²) in [6, 6.07) is 13.2. The van der Waals surface area contributed by atoms with Crippen LogP contribution in [0, 0.1) is 0 Å². The van der Waals surface area contributed by atoms with Gasteiger partial charge in [-0.15, -0.1) is 0 Å². The van der Waals surface area contributed by atoms with E-state index in [1.54, 1.807) is 6.07 Å². The molecule has 0 atom stereocenters. The fourth-order valence-corrected chi connectivity index (χ4v) is 1.69. The summed E-state index contributed by atoms with van der Waals surface area (Å²) in [5, 5.41) is 12.6. The minimum absolute atomic E-state index is 0.207. The lowest BCUT2D eigenvalue weighted by Gasteiger charge is -2.08. The maximum absolute atomic E-state index is 11.4. The van der Waals surface area contributed by atoms with E-state index in [9.17, 15) is 9.59 Å². The molecule has 0 aliphatic heterocycles. The van der Waals surface area contributed by atoms with Crippen molar-refractivity contribution in [2.24, 2.45) is 0 Å². The summed E-state index contributed by atoms with van der Waals surface area (Å²) in [5.41, 5.74) is 0. The highest BCUT2D eigenvalue weighted by Crippen LogP contribution is 2.24. The lowest BCUT2D eigenvalue weighted by atomic mass is 10.1. The number of hydrogen-bond donors (Lipinski definition) is 2. The van der Waals surface area contributed by atoms with Crippen molar-refractivity contribution in [1.82, 2.24) is 5.32 Å². The van der Waals surface area contributed by atoms with Crippen LogP contribution in [0.15, 0.2) is 42.5 Å². The van der Waals surface area contributed by atoms with E-state index in [1.165, 1.54) is 0 Å². The predicted molar refractivity (Wildman–Crippen MR) is 70.1 cm³/mol. The molecular formula is C14H13NO4. The Balaban J connectivity index is 2.02. The molecule has 5 nitrogen and oxygen atoms in total. The molecule has 0 aromatic heterocycles. The first-order valence-electron chi connectivity index (χ1n) is 5.76. The molecule has 0 radical (unpaired) electrons. The molecule has 0 aliphatic rings. The fourth-order valence-electron chi connectivity index (χ4n) is 1.69. The van der Waals surface area contributed by atoms with Gasteiger partial charge in [-0.05, 0) is 11.5 Å². The van der Waals surface area contributed by atoms with Crippen LogP contribution in [0.2, 0.25) is 0 Å². The van der Waals surface area contributed by atoms with Gasteiger partial charge in [0.15, 0.2) is 6.61 Å². The van der Waals surface area contributed by atoms with Gasteiger partial charge in [-0.3, -0.25) is 9.59 Å². The molecule has 0 aliphatic carbocycles. The summed E-state index contributed by atoms with van der Waals surface area (Å²) in [6.07, 6.45) is 0. The van der Waals surface area contributed by atoms with E-state index in [4.69, 9.17) is 9.84 Å². The van der Waals surface area contributed by atoms with Crippen LogP contribution in [0.4, 0.5) is 0 Å². The second kappa shape index (κ2) is 5.86. The number of carbonyl (C=O) groups is 2. The predicted octanol–water partition coefficient (Wildman–Crippen LogP) is 1.42. The van der Waals surface area contributed by atoms with Gasteiger partial charge in [0.1, 0.15) is 12.3 Å². The van der Waals surface area contributed by atoms with Crippen LogP contribution in [0.5, 0.6) is 5.75 Å². The highest BCUT2D eigenvalue weighted by molar-refractivity contribution is 5.89. The monoisotopic (exact) mass is 259 g/mol. The molecule has 1 amide bonds. The van der Waals surface area contributed by atoms with Gasteiger partial charge in [0.05, 0.1) is 0 Å². The van der Waals surface area contributed by atoms with Crippen LogP contribution >= 0.6 is 0 Å². The lowest BCUT2D eigenvalue weighted by Crippen LogP contribution is -2.33. The standard InChI is InChI=1S/C14H13NO4/c16-13(15-8-14(17)18)9-19-12-7-3-5-10-4-1-2-6-11(10)12/h1-7H,8-9H2,(H,15,16)(H,17,18). The van der Waals surface area contributed by atoms with Crippen molar-refractivity contribution in [3.05, 3.63) is 42.5 Å². The number of benzene rings is 2. The topological polar surface area (TPSA) is 75.6 Å². The van der Waals surface area contributed by atoms with Gasteiger partial charge < -0.3 is 15.2 Å². The Morgan fingerprint density at radius 2 is 1.84 bits per heavy atom. The van der Waals surface area contributed by atoms with Crippen LogP contribution in [0.3, 0.4) is 0 Å². The zero-order valence-corrected chi connectivity index (χ0v) is 10.1. The molecule has 5 heteroatoms. The van der Waals surface area contributed by atoms with Crippen LogP contribution in [0.25, 0.3) is 10.8 Å². The zero-order chi connectivity index (χ0) is 13.7. The zero-order valence-electron chi connectivity index (χ0n) is 10.1. The quantitative estimate of drug-likeness (QED) is 0.851. The van der Waals surface area contributed by atoms with Crippen LogP contribution in [0.1, 0.15) is 0 Å². The Labute approximate surface area is 109 Å². The van der Waals surface area contributed by atoms with E-state index in [-0.39, 0.29) is 6.61 Å². The third kappa shape index (κ3) is 3.45. The Morgan fingerprint density at radius 1 is 1.11 bits per heavy atom. The van der Waals surface area contributed by atoms with Gasteiger partial charge in [-0.25, -0.2) is 0 Å². The van der Waals surface area contributed by atoms with E-state index < -0.39 is 18.4 Å². The molecular weight excluding hydrogens is 246 g/mol. The van der Waals surface area contributed by atoms with E-state index in [2.05, 4.69) is 5.32 Å². The summed E-state index contributed by atoms with van der Waals surface area (Å²) in [6.45, 7) is -0.612. The molecule has 98 valence electrons. The molecule has 0 saturated carbocycles. The number of fused-ring (bicyclic) bond motifs is 1. The molecule has 0 bridgehead atoms. The minimum Gasteiger partial charge on any atom is -0.483 e. The first kappa shape index (κ1) is 12.9. The Kier molecular flexibility index (Phi) is 3.97. The number of hydrogen-bond acceptors (Lipinski definition) is 3. The summed E-state index contributed by atoms with van der Waals surface area (Å²) in [4.78, 5) is 21.7. The largest absolute Gasteiger partial charge is 0.483 e. The molecule has 0 unspecified atom stereocenters. The fraction of sp³-hybridized carbons (Fsp3) is 0.143. The van der Waals surface area contributed by atoms with Crippen LogP contribution in [-0.2, 0) is 9.59 Å². The number of carbonyl (C=O) groups excluding carboxylic acids is 1. The number of rotatable bonds is 5. The Bertz CT molecular complexity index is 604. The van der Waals surface area contributed by atoms with E-state index in [0.717, 1.165) is 10.8 Å². The highest BCUT2D eigenvalue weighted by atomic mass is 16.5. The number of ether oxygens (including phenoxy) is 1. The van der Waals surface area contributed by atoms with Gasteiger partial charge in [0, 0.05) is 5.39 Å². The van der Waals surface area contributed by atoms with Crippen molar-refractivity contribution in [3.8, 4) is 5.75 Å². The van der Waals surface area contributed by atoms with E-state index >= 15 is 0 Å². The first-order chi connectivity index (χ1) is 9.16. The third-order valence-corrected chi connectivity index (χ3v) is 2.55. The van der Waals surface area contributed by atoms with Crippen LogP contribution < -0.4 is 10.1 Å². The molecule has 0 spiro atoms. The van der Waals surface area contributed by atoms with Crippen molar-refractivity contribution in [2.75, 3.05) is 13.2 Å². The normalized spacial score (nSPS) is 10.1. The highest BCUT2D eigenvalue weighted by Gasteiger charge is 2.06. The molecule has 0 heterocycles. The van der Waals surface area contributed by atoms with Gasteiger partial charge in [0.25, 0.3) is 5.91 Å². The second-order valence-corrected chi connectivity index (χ2v) is 3.94. The van der Waals surface area contributed by atoms with Gasteiger partial charge in [-0.1, -0.05) is 36.4 Å². The summed E-state index contributed by atoms with van der Waals surface area (Å²) in [5.74, 6) is -0.947. The molecule has 2 aromatic carbocycles. The SMILES string of the molecule is O=C(O)CNC(=O)COc1cccc2ccccc12. The average Bonchev–Trinajstić information content (AvgIpc) is 2.42. The Hall–Kier alpha value is -2.56. The maximum atomic E-state index is 11.4.